The number of rotatable bonds is 3. The molecule has 2 aromatic rings. The maximum atomic E-state index is 12.2. The van der Waals surface area contributed by atoms with Crippen LogP contribution in [0.15, 0.2) is 47.9 Å². The Morgan fingerprint density at radius 1 is 1.50 bits per heavy atom. The lowest BCUT2D eigenvalue weighted by molar-refractivity contribution is -0.119. The number of hydrogen-bond donors (Lipinski definition) is 0. The molecule has 0 N–H and O–H groups in total. The van der Waals surface area contributed by atoms with Gasteiger partial charge in [0.25, 0.3) is 0 Å². The van der Waals surface area contributed by atoms with E-state index < -0.39 is 5.91 Å². The maximum Gasteiger partial charge on any atom is 0.317 e. The molecular formula is C16H16N2O3S. The first-order chi connectivity index (χ1) is 10.7. The van der Waals surface area contributed by atoms with E-state index >= 15 is 0 Å². The first kappa shape index (κ1) is 14.6. The van der Waals surface area contributed by atoms with E-state index in [1.807, 2.05) is 29.7 Å². The number of aryl methyl sites for hydroxylation is 1. The Hall–Kier alpha value is -2.34. The third kappa shape index (κ3) is 2.69. The Balaban J connectivity index is 2.13. The van der Waals surface area contributed by atoms with Gasteiger partial charge in [0.1, 0.15) is 19.5 Å². The highest BCUT2D eigenvalue weighted by atomic mass is 32.1. The lowest BCUT2D eigenvalue weighted by Crippen LogP contribution is -2.19. The summed E-state index contributed by atoms with van der Waals surface area (Å²) >= 11 is 1.47. The minimum atomic E-state index is -0.429. The molecule has 114 valence electrons. The van der Waals surface area contributed by atoms with Crippen molar-refractivity contribution in [3.8, 4) is 0 Å². The third-order valence-corrected chi connectivity index (χ3v) is 4.32. The second-order valence-electron chi connectivity index (χ2n) is 4.82. The molecule has 0 saturated heterocycles. The summed E-state index contributed by atoms with van der Waals surface area (Å²) in [5, 5.41) is 0. The van der Waals surface area contributed by atoms with Gasteiger partial charge in [-0.25, -0.2) is 0 Å². The summed E-state index contributed by atoms with van der Waals surface area (Å²) in [4.78, 5) is 17.0. The van der Waals surface area contributed by atoms with E-state index in [4.69, 9.17) is 9.47 Å². The Labute approximate surface area is 131 Å². The number of amides is 1. The van der Waals surface area contributed by atoms with Crippen LogP contribution in [0.4, 0.5) is 0 Å². The average molecular weight is 316 g/mol. The van der Waals surface area contributed by atoms with Crippen LogP contribution in [0.3, 0.4) is 0 Å². The van der Waals surface area contributed by atoms with Gasteiger partial charge in [-0.1, -0.05) is 29.5 Å². The van der Waals surface area contributed by atoms with Gasteiger partial charge < -0.3 is 14.0 Å². The largest absolute Gasteiger partial charge is 0.494 e. The third-order valence-electron chi connectivity index (χ3n) is 3.27. The van der Waals surface area contributed by atoms with Crippen molar-refractivity contribution in [2.24, 2.45) is 4.99 Å². The van der Waals surface area contributed by atoms with Crippen molar-refractivity contribution in [1.29, 1.82) is 0 Å². The van der Waals surface area contributed by atoms with Crippen LogP contribution in [0.1, 0.15) is 5.56 Å². The van der Waals surface area contributed by atoms with Gasteiger partial charge in [-0.3, -0.25) is 4.79 Å². The highest BCUT2D eigenvalue weighted by Gasteiger charge is 2.15. The molecule has 0 atom stereocenters. The van der Waals surface area contributed by atoms with E-state index in [0.29, 0.717) is 24.6 Å². The number of fused-ring (bicyclic) bond motifs is 1. The standard InChI is InChI=1S/C16H16N2O3S/c1-3-7-18-14-11(2)5-4-6-13(14)22-16(18)17-15(19)12-10-20-8-9-21-12/h3-6,10H,1,7-9H2,2H3. The minimum absolute atomic E-state index is 0.144. The molecule has 22 heavy (non-hydrogen) atoms. The van der Waals surface area contributed by atoms with Gasteiger partial charge in [-0.05, 0) is 18.6 Å². The molecule has 0 radical (unpaired) electrons. The van der Waals surface area contributed by atoms with Crippen molar-refractivity contribution in [2.45, 2.75) is 13.5 Å². The molecule has 1 aromatic carbocycles. The zero-order valence-electron chi connectivity index (χ0n) is 12.2. The fourth-order valence-electron chi connectivity index (χ4n) is 2.31. The lowest BCUT2D eigenvalue weighted by atomic mass is 10.2. The summed E-state index contributed by atoms with van der Waals surface area (Å²) in [6.45, 7) is 7.24. The monoisotopic (exact) mass is 316 g/mol. The van der Waals surface area contributed by atoms with Crippen molar-refractivity contribution in [1.82, 2.24) is 4.57 Å². The van der Waals surface area contributed by atoms with Crippen LogP contribution in [-0.2, 0) is 20.8 Å². The molecule has 0 saturated carbocycles. The normalized spacial score (nSPS) is 15.1. The van der Waals surface area contributed by atoms with Crippen molar-refractivity contribution >= 4 is 27.5 Å². The van der Waals surface area contributed by atoms with E-state index in [1.165, 1.54) is 17.6 Å². The van der Waals surface area contributed by atoms with Crippen molar-refractivity contribution in [3.05, 3.63) is 53.2 Å². The molecule has 5 nitrogen and oxygen atoms in total. The highest BCUT2D eigenvalue weighted by Crippen LogP contribution is 2.21. The van der Waals surface area contributed by atoms with Gasteiger partial charge in [-0.15, -0.1) is 6.58 Å². The predicted molar refractivity (Wildman–Crippen MR) is 85.3 cm³/mol. The summed E-state index contributed by atoms with van der Waals surface area (Å²) < 4.78 is 13.5. The number of carbonyl (C=O) groups is 1. The van der Waals surface area contributed by atoms with Crippen LogP contribution in [0.2, 0.25) is 0 Å². The number of para-hydroxylation sites is 1. The first-order valence-electron chi connectivity index (χ1n) is 6.94. The Morgan fingerprint density at radius 2 is 2.36 bits per heavy atom. The quantitative estimate of drug-likeness (QED) is 0.818. The van der Waals surface area contributed by atoms with Gasteiger partial charge in [0.05, 0.1) is 10.2 Å². The Kier molecular flexibility index (Phi) is 4.11. The SMILES string of the molecule is C=CCn1c(=NC(=O)C2=COCCO2)sc2cccc(C)c21. The molecular weight excluding hydrogens is 300 g/mol. The van der Waals surface area contributed by atoms with Gasteiger partial charge in [-0.2, -0.15) is 4.99 Å². The van der Waals surface area contributed by atoms with Crippen LogP contribution in [0, 0.1) is 6.92 Å². The number of ether oxygens (including phenoxy) is 2. The van der Waals surface area contributed by atoms with Crippen LogP contribution >= 0.6 is 11.3 Å². The summed E-state index contributed by atoms with van der Waals surface area (Å²) in [6, 6.07) is 6.06. The fourth-order valence-corrected chi connectivity index (χ4v) is 3.43. The number of aromatic nitrogens is 1. The molecule has 0 spiro atoms. The number of hydrogen-bond acceptors (Lipinski definition) is 4. The second kappa shape index (κ2) is 6.19. The Morgan fingerprint density at radius 3 is 3.09 bits per heavy atom. The van der Waals surface area contributed by atoms with Gasteiger partial charge in [0, 0.05) is 6.54 Å². The minimum Gasteiger partial charge on any atom is -0.494 e. The molecule has 0 bridgehead atoms. The van der Waals surface area contributed by atoms with Crippen LogP contribution in [0.5, 0.6) is 0 Å². The zero-order valence-corrected chi connectivity index (χ0v) is 13.1. The molecule has 0 aliphatic carbocycles. The lowest BCUT2D eigenvalue weighted by Gasteiger charge is -2.12. The summed E-state index contributed by atoms with van der Waals surface area (Å²) in [7, 11) is 0. The summed E-state index contributed by atoms with van der Waals surface area (Å²) in [5.41, 5.74) is 2.22. The van der Waals surface area contributed by atoms with Gasteiger partial charge in [0.2, 0.25) is 5.76 Å². The number of thiazole rings is 1. The van der Waals surface area contributed by atoms with Crippen molar-refractivity contribution < 1.29 is 14.3 Å². The highest BCUT2D eigenvalue weighted by molar-refractivity contribution is 7.16. The molecule has 1 amide bonds. The van der Waals surface area contributed by atoms with E-state index in [-0.39, 0.29) is 5.76 Å². The first-order valence-corrected chi connectivity index (χ1v) is 7.76. The molecule has 0 unspecified atom stereocenters. The van der Waals surface area contributed by atoms with E-state index in [9.17, 15) is 4.79 Å². The smallest absolute Gasteiger partial charge is 0.317 e. The van der Waals surface area contributed by atoms with Crippen molar-refractivity contribution in [3.63, 3.8) is 0 Å². The molecule has 6 heteroatoms. The number of nitrogens with zero attached hydrogens (tertiary/aromatic N) is 2. The fraction of sp³-hybridized carbons (Fsp3) is 0.250. The topological polar surface area (TPSA) is 52.8 Å². The van der Waals surface area contributed by atoms with Crippen LogP contribution in [-0.4, -0.2) is 23.7 Å². The molecule has 3 rings (SSSR count). The molecule has 1 aliphatic rings. The van der Waals surface area contributed by atoms with E-state index in [1.54, 1.807) is 6.08 Å². The summed E-state index contributed by atoms with van der Waals surface area (Å²) in [5.74, 6) is -0.285. The van der Waals surface area contributed by atoms with Crippen LogP contribution in [0.25, 0.3) is 10.2 Å². The maximum absolute atomic E-state index is 12.2. The van der Waals surface area contributed by atoms with E-state index in [2.05, 4.69) is 11.6 Å². The Bertz CT molecular complexity index is 830. The molecule has 0 fully saturated rings. The summed E-state index contributed by atoms with van der Waals surface area (Å²) in [6.07, 6.45) is 3.12. The van der Waals surface area contributed by atoms with Crippen LogP contribution < -0.4 is 4.80 Å². The number of benzene rings is 1. The van der Waals surface area contributed by atoms with Gasteiger partial charge in [0.15, 0.2) is 4.80 Å². The van der Waals surface area contributed by atoms with Gasteiger partial charge >= 0.3 is 5.91 Å². The van der Waals surface area contributed by atoms with E-state index in [0.717, 1.165) is 15.8 Å². The van der Waals surface area contributed by atoms with Crippen molar-refractivity contribution in [2.75, 3.05) is 13.2 Å². The second-order valence-corrected chi connectivity index (χ2v) is 5.83. The molecule has 2 heterocycles. The number of allylic oxidation sites excluding steroid dienone is 1. The number of carbonyl (C=O) groups excluding carboxylic acids is 1. The predicted octanol–water partition coefficient (Wildman–Crippen LogP) is 2.51. The molecule has 1 aliphatic heterocycles. The molecule has 1 aromatic heterocycles. The average Bonchev–Trinajstić information content (AvgIpc) is 2.87. The zero-order chi connectivity index (χ0) is 15.5.